The average Bonchev–Trinajstić information content (AvgIpc) is 3.34. The van der Waals surface area contributed by atoms with Gasteiger partial charge in [-0.05, 0) is 41.7 Å². The summed E-state index contributed by atoms with van der Waals surface area (Å²) in [6.07, 6.45) is 2.47. The maximum atomic E-state index is 12.9. The zero-order chi connectivity index (χ0) is 15.5. The Morgan fingerprint density at radius 2 is 2.14 bits per heavy atom. The summed E-state index contributed by atoms with van der Waals surface area (Å²) in [7, 11) is 1.56. The highest BCUT2D eigenvalue weighted by Crippen LogP contribution is 2.47. The highest BCUT2D eigenvalue weighted by molar-refractivity contribution is 5.82. The molecule has 1 saturated carbocycles. The van der Waals surface area contributed by atoms with E-state index in [0.717, 1.165) is 17.5 Å². The van der Waals surface area contributed by atoms with E-state index in [9.17, 15) is 9.18 Å². The van der Waals surface area contributed by atoms with Gasteiger partial charge in [0.2, 0.25) is 11.8 Å². The summed E-state index contributed by atoms with van der Waals surface area (Å²) < 4.78 is 18.0. The molecule has 0 bridgehead atoms. The van der Waals surface area contributed by atoms with E-state index in [-0.39, 0.29) is 23.6 Å². The fourth-order valence-electron chi connectivity index (χ4n) is 2.56. The number of nitrogens with zero attached hydrogens (tertiary/aromatic N) is 1. The fourth-order valence-corrected chi connectivity index (χ4v) is 2.56. The topological polar surface area (TPSA) is 51.2 Å². The number of halogens is 1. The third-order valence-electron chi connectivity index (χ3n) is 3.90. The first-order valence-electron chi connectivity index (χ1n) is 7.19. The minimum Gasteiger partial charge on any atom is -0.481 e. The van der Waals surface area contributed by atoms with Gasteiger partial charge in [0.05, 0.1) is 7.11 Å². The lowest BCUT2D eigenvalue weighted by Crippen LogP contribution is -2.24. The lowest BCUT2D eigenvalue weighted by Gasteiger charge is -2.06. The normalized spacial score (nSPS) is 19.5. The Morgan fingerprint density at radius 1 is 1.36 bits per heavy atom. The van der Waals surface area contributed by atoms with E-state index in [4.69, 9.17) is 4.74 Å². The molecule has 1 fully saturated rings. The second kappa shape index (κ2) is 6.13. The van der Waals surface area contributed by atoms with Gasteiger partial charge in [-0.1, -0.05) is 12.1 Å². The van der Waals surface area contributed by atoms with Crippen LogP contribution in [0.3, 0.4) is 0 Å². The molecule has 1 N–H and O–H groups in total. The first-order valence-corrected chi connectivity index (χ1v) is 7.19. The van der Waals surface area contributed by atoms with Crippen LogP contribution in [-0.2, 0) is 11.3 Å². The Hall–Kier alpha value is -2.43. The molecule has 1 heterocycles. The molecule has 0 spiro atoms. The third kappa shape index (κ3) is 3.24. The number of rotatable bonds is 5. The first-order chi connectivity index (χ1) is 10.7. The monoisotopic (exact) mass is 300 g/mol. The molecule has 0 radical (unpaired) electrons. The number of hydrogen-bond donors (Lipinski definition) is 1. The van der Waals surface area contributed by atoms with Crippen molar-refractivity contribution >= 4 is 5.91 Å². The van der Waals surface area contributed by atoms with Crippen LogP contribution in [0.4, 0.5) is 4.39 Å². The zero-order valence-corrected chi connectivity index (χ0v) is 12.3. The molecule has 5 heteroatoms. The summed E-state index contributed by atoms with van der Waals surface area (Å²) in [5.41, 5.74) is 1.96. The van der Waals surface area contributed by atoms with E-state index in [1.807, 2.05) is 6.07 Å². The average molecular weight is 300 g/mol. The molecule has 22 heavy (non-hydrogen) atoms. The molecule has 1 amide bonds. The number of carbonyl (C=O) groups is 1. The first kappa shape index (κ1) is 14.5. The smallest absolute Gasteiger partial charge is 0.224 e. The van der Waals surface area contributed by atoms with Crippen LogP contribution in [0.2, 0.25) is 0 Å². The van der Waals surface area contributed by atoms with Gasteiger partial charge in [-0.3, -0.25) is 4.79 Å². The van der Waals surface area contributed by atoms with Crippen LogP contribution in [0, 0.1) is 11.7 Å². The largest absolute Gasteiger partial charge is 0.481 e. The number of amides is 1. The number of carbonyl (C=O) groups excluding carboxylic acids is 1. The van der Waals surface area contributed by atoms with Crippen molar-refractivity contribution in [3.8, 4) is 5.88 Å². The van der Waals surface area contributed by atoms with Gasteiger partial charge in [-0.2, -0.15) is 0 Å². The van der Waals surface area contributed by atoms with E-state index >= 15 is 0 Å². The molecule has 2 unspecified atom stereocenters. The molecule has 114 valence electrons. The molecule has 1 aromatic carbocycles. The molecule has 3 rings (SSSR count). The Labute approximate surface area is 128 Å². The Morgan fingerprint density at radius 3 is 2.86 bits per heavy atom. The summed E-state index contributed by atoms with van der Waals surface area (Å²) in [5, 5.41) is 2.93. The van der Waals surface area contributed by atoms with Crippen LogP contribution in [0.1, 0.15) is 23.5 Å². The Balaban J connectivity index is 1.54. The maximum Gasteiger partial charge on any atom is 0.224 e. The molecule has 0 saturated heterocycles. The number of aromatic nitrogens is 1. The summed E-state index contributed by atoms with van der Waals surface area (Å²) in [6.45, 7) is 0.449. The molecule has 1 aliphatic rings. The van der Waals surface area contributed by atoms with Gasteiger partial charge in [0.1, 0.15) is 5.82 Å². The molecule has 2 atom stereocenters. The van der Waals surface area contributed by atoms with Crippen molar-refractivity contribution in [2.75, 3.05) is 7.11 Å². The van der Waals surface area contributed by atoms with Crippen molar-refractivity contribution in [1.29, 1.82) is 0 Å². The minimum atomic E-state index is -0.253. The summed E-state index contributed by atoms with van der Waals surface area (Å²) in [6, 6.07) is 10.0. The van der Waals surface area contributed by atoms with Gasteiger partial charge in [-0.25, -0.2) is 9.37 Å². The van der Waals surface area contributed by atoms with Crippen LogP contribution >= 0.6 is 0 Å². The lowest BCUT2D eigenvalue weighted by molar-refractivity contribution is -0.122. The van der Waals surface area contributed by atoms with Gasteiger partial charge in [0, 0.05) is 24.7 Å². The van der Waals surface area contributed by atoms with E-state index in [1.54, 1.807) is 31.5 Å². The van der Waals surface area contributed by atoms with Gasteiger partial charge < -0.3 is 10.1 Å². The minimum absolute atomic E-state index is 0.0193. The molecule has 4 nitrogen and oxygen atoms in total. The summed E-state index contributed by atoms with van der Waals surface area (Å²) >= 11 is 0. The molecular weight excluding hydrogens is 283 g/mol. The summed E-state index contributed by atoms with van der Waals surface area (Å²) in [4.78, 5) is 16.2. The number of hydrogen-bond acceptors (Lipinski definition) is 3. The van der Waals surface area contributed by atoms with E-state index in [0.29, 0.717) is 12.4 Å². The van der Waals surface area contributed by atoms with Crippen LogP contribution in [0.15, 0.2) is 42.6 Å². The lowest BCUT2D eigenvalue weighted by atomic mass is 10.1. The van der Waals surface area contributed by atoms with Crippen LogP contribution < -0.4 is 10.1 Å². The summed E-state index contributed by atoms with van der Waals surface area (Å²) in [5.74, 6) is 0.492. The van der Waals surface area contributed by atoms with Gasteiger partial charge in [0.15, 0.2) is 0 Å². The second-order valence-corrected chi connectivity index (χ2v) is 5.42. The van der Waals surface area contributed by atoms with Crippen LogP contribution in [0.25, 0.3) is 0 Å². The van der Waals surface area contributed by atoms with Gasteiger partial charge in [0.25, 0.3) is 0 Å². The molecule has 0 aliphatic heterocycles. The molecule has 1 aromatic heterocycles. The molecule has 2 aromatic rings. The predicted molar refractivity (Wildman–Crippen MR) is 79.9 cm³/mol. The quantitative estimate of drug-likeness (QED) is 0.923. The fraction of sp³-hybridized carbons (Fsp3) is 0.294. The van der Waals surface area contributed by atoms with Crippen LogP contribution in [-0.4, -0.2) is 18.0 Å². The number of methoxy groups -OCH3 is 1. The predicted octanol–water partition coefficient (Wildman–Crippen LogP) is 2.65. The van der Waals surface area contributed by atoms with Gasteiger partial charge in [-0.15, -0.1) is 0 Å². The Kier molecular flexibility index (Phi) is 4.04. The molecule has 1 aliphatic carbocycles. The number of nitrogens with one attached hydrogen (secondary N) is 1. The maximum absolute atomic E-state index is 12.9. The van der Waals surface area contributed by atoms with Crippen molar-refractivity contribution in [3.63, 3.8) is 0 Å². The van der Waals surface area contributed by atoms with Gasteiger partial charge >= 0.3 is 0 Å². The third-order valence-corrected chi connectivity index (χ3v) is 3.90. The number of pyridine rings is 1. The SMILES string of the molecule is COc1cc(CNC(=O)C2CC2c2ccc(F)cc2)ccn1. The van der Waals surface area contributed by atoms with Crippen molar-refractivity contribution < 1.29 is 13.9 Å². The van der Waals surface area contributed by atoms with Crippen molar-refractivity contribution in [3.05, 3.63) is 59.5 Å². The van der Waals surface area contributed by atoms with E-state index < -0.39 is 0 Å². The van der Waals surface area contributed by atoms with Crippen molar-refractivity contribution in [2.45, 2.75) is 18.9 Å². The van der Waals surface area contributed by atoms with Crippen molar-refractivity contribution in [1.82, 2.24) is 10.3 Å². The zero-order valence-electron chi connectivity index (χ0n) is 12.3. The standard InChI is InChI=1S/C17H17FN2O2/c1-22-16-8-11(6-7-19-16)10-20-17(21)15-9-14(15)12-2-4-13(18)5-3-12/h2-8,14-15H,9-10H2,1H3,(H,20,21). The van der Waals surface area contributed by atoms with E-state index in [2.05, 4.69) is 10.3 Å². The number of benzene rings is 1. The highest BCUT2D eigenvalue weighted by atomic mass is 19.1. The van der Waals surface area contributed by atoms with Crippen molar-refractivity contribution in [2.24, 2.45) is 5.92 Å². The van der Waals surface area contributed by atoms with Crippen LogP contribution in [0.5, 0.6) is 5.88 Å². The molecular formula is C17H17FN2O2. The van der Waals surface area contributed by atoms with E-state index in [1.165, 1.54) is 12.1 Å². The number of ether oxygens (including phenoxy) is 1. The highest BCUT2D eigenvalue weighted by Gasteiger charge is 2.43. The second-order valence-electron chi connectivity index (χ2n) is 5.42. The Bertz CT molecular complexity index is 673.